The van der Waals surface area contributed by atoms with Gasteiger partial charge in [-0.05, 0) is 36.8 Å². The molecule has 1 saturated carbocycles. The SMILES string of the molecule is O=C(O)c1cccc(NC(=O)C2CC2c2ccco2)c1. The summed E-state index contributed by atoms with van der Waals surface area (Å²) in [6, 6.07) is 9.89. The number of carboxylic acids is 1. The zero-order valence-electron chi connectivity index (χ0n) is 10.6. The molecule has 1 aromatic carbocycles. The van der Waals surface area contributed by atoms with E-state index in [0.717, 1.165) is 12.2 Å². The number of benzene rings is 1. The monoisotopic (exact) mass is 271 g/mol. The Labute approximate surface area is 115 Å². The van der Waals surface area contributed by atoms with Crippen LogP contribution < -0.4 is 5.32 Å². The summed E-state index contributed by atoms with van der Waals surface area (Å²) in [6.07, 6.45) is 2.36. The number of hydrogen-bond donors (Lipinski definition) is 2. The lowest BCUT2D eigenvalue weighted by atomic mass is 10.2. The molecule has 1 aliphatic rings. The summed E-state index contributed by atoms with van der Waals surface area (Å²) in [6.45, 7) is 0. The second kappa shape index (κ2) is 4.85. The molecule has 1 amide bonds. The fourth-order valence-electron chi connectivity index (χ4n) is 2.27. The highest BCUT2D eigenvalue weighted by atomic mass is 16.4. The molecule has 2 N–H and O–H groups in total. The van der Waals surface area contributed by atoms with Crippen LogP contribution in [0.15, 0.2) is 47.1 Å². The molecular formula is C15H13NO4. The summed E-state index contributed by atoms with van der Waals surface area (Å²) in [7, 11) is 0. The Morgan fingerprint density at radius 2 is 2.10 bits per heavy atom. The lowest BCUT2D eigenvalue weighted by molar-refractivity contribution is -0.117. The second-order valence-electron chi connectivity index (χ2n) is 4.84. The van der Waals surface area contributed by atoms with Crippen LogP contribution in [0.4, 0.5) is 5.69 Å². The van der Waals surface area contributed by atoms with Gasteiger partial charge >= 0.3 is 5.97 Å². The quantitative estimate of drug-likeness (QED) is 0.896. The molecule has 5 nitrogen and oxygen atoms in total. The van der Waals surface area contributed by atoms with Gasteiger partial charge in [0, 0.05) is 17.5 Å². The van der Waals surface area contributed by atoms with Crippen LogP contribution in [0.2, 0.25) is 0 Å². The van der Waals surface area contributed by atoms with Crippen molar-refractivity contribution in [1.82, 2.24) is 0 Å². The van der Waals surface area contributed by atoms with Gasteiger partial charge in [0.1, 0.15) is 5.76 Å². The van der Waals surface area contributed by atoms with Gasteiger partial charge in [-0.25, -0.2) is 4.79 Å². The minimum Gasteiger partial charge on any atom is -0.478 e. The normalized spacial score (nSPS) is 20.4. The van der Waals surface area contributed by atoms with Crippen molar-refractivity contribution in [2.75, 3.05) is 5.32 Å². The number of rotatable bonds is 4. The van der Waals surface area contributed by atoms with E-state index in [4.69, 9.17) is 9.52 Å². The van der Waals surface area contributed by atoms with Gasteiger partial charge in [0.25, 0.3) is 0 Å². The predicted molar refractivity (Wildman–Crippen MR) is 71.6 cm³/mol. The highest BCUT2D eigenvalue weighted by Crippen LogP contribution is 2.48. The fraction of sp³-hybridized carbons (Fsp3) is 0.200. The Morgan fingerprint density at radius 1 is 1.25 bits per heavy atom. The molecule has 1 heterocycles. The fourth-order valence-corrected chi connectivity index (χ4v) is 2.27. The van der Waals surface area contributed by atoms with Crippen molar-refractivity contribution in [1.29, 1.82) is 0 Å². The Morgan fingerprint density at radius 3 is 2.80 bits per heavy atom. The van der Waals surface area contributed by atoms with Gasteiger partial charge in [-0.3, -0.25) is 4.79 Å². The van der Waals surface area contributed by atoms with Crippen molar-refractivity contribution in [3.05, 3.63) is 54.0 Å². The van der Waals surface area contributed by atoms with Crippen LogP contribution in [0, 0.1) is 5.92 Å². The van der Waals surface area contributed by atoms with Crippen LogP contribution in [0.25, 0.3) is 0 Å². The van der Waals surface area contributed by atoms with Gasteiger partial charge < -0.3 is 14.8 Å². The lowest BCUT2D eigenvalue weighted by Gasteiger charge is -2.05. The lowest BCUT2D eigenvalue weighted by Crippen LogP contribution is -2.14. The number of nitrogens with one attached hydrogen (secondary N) is 1. The van der Waals surface area contributed by atoms with E-state index in [0.29, 0.717) is 5.69 Å². The molecule has 0 saturated heterocycles. The summed E-state index contributed by atoms with van der Waals surface area (Å²) in [5.41, 5.74) is 0.654. The molecule has 0 spiro atoms. The zero-order valence-corrected chi connectivity index (χ0v) is 10.6. The number of amides is 1. The number of carboxylic acid groups (broad SMARTS) is 1. The molecule has 1 aromatic heterocycles. The highest BCUT2D eigenvalue weighted by Gasteiger charge is 2.45. The molecule has 5 heteroatoms. The van der Waals surface area contributed by atoms with Crippen LogP contribution in [-0.4, -0.2) is 17.0 Å². The molecule has 0 aliphatic heterocycles. The molecule has 1 fully saturated rings. The van der Waals surface area contributed by atoms with E-state index in [2.05, 4.69) is 5.32 Å². The minimum atomic E-state index is -1.01. The van der Waals surface area contributed by atoms with Gasteiger partial charge in [0.05, 0.1) is 11.8 Å². The Balaban J connectivity index is 1.66. The van der Waals surface area contributed by atoms with E-state index >= 15 is 0 Å². The topological polar surface area (TPSA) is 79.5 Å². The Bertz CT molecular complexity index is 648. The molecule has 0 bridgehead atoms. The summed E-state index contributed by atoms with van der Waals surface area (Å²) < 4.78 is 5.28. The first-order valence-electron chi connectivity index (χ1n) is 6.33. The van der Waals surface area contributed by atoms with Crippen molar-refractivity contribution >= 4 is 17.6 Å². The molecule has 2 aromatic rings. The third-order valence-electron chi connectivity index (χ3n) is 3.41. The zero-order chi connectivity index (χ0) is 14.1. The second-order valence-corrected chi connectivity index (χ2v) is 4.84. The van der Waals surface area contributed by atoms with E-state index < -0.39 is 5.97 Å². The summed E-state index contributed by atoms with van der Waals surface area (Å²) in [5.74, 6) is -0.262. The van der Waals surface area contributed by atoms with Crippen LogP contribution in [0.1, 0.15) is 28.5 Å². The number of carbonyl (C=O) groups excluding carboxylic acids is 1. The summed E-state index contributed by atoms with van der Waals surface area (Å²) >= 11 is 0. The molecule has 2 atom stereocenters. The molecule has 3 rings (SSSR count). The summed E-state index contributed by atoms with van der Waals surface area (Å²) in [4.78, 5) is 22.9. The van der Waals surface area contributed by atoms with E-state index in [1.807, 2.05) is 6.07 Å². The molecule has 0 radical (unpaired) electrons. The van der Waals surface area contributed by atoms with E-state index in [1.54, 1.807) is 24.5 Å². The average molecular weight is 271 g/mol. The standard InChI is InChI=1S/C15H13NO4/c17-14(12-8-11(12)13-5-2-6-20-13)16-10-4-1-3-9(7-10)15(18)19/h1-7,11-12H,8H2,(H,16,17)(H,18,19). The highest BCUT2D eigenvalue weighted by molar-refractivity contribution is 5.96. The van der Waals surface area contributed by atoms with Crippen LogP contribution in [0.3, 0.4) is 0 Å². The Hall–Kier alpha value is -2.56. The van der Waals surface area contributed by atoms with E-state index in [9.17, 15) is 9.59 Å². The summed E-state index contributed by atoms with van der Waals surface area (Å²) in [5, 5.41) is 11.7. The van der Waals surface area contributed by atoms with Gasteiger partial charge in [0.2, 0.25) is 5.91 Å². The third kappa shape index (κ3) is 2.42. The number of carbonyl (C=O) groups is 2. The van der Waals surface area contributed by atoms with Crippen LogP contribution in [-0.2, 0) is 4.79 Å². The van der Waals surface area contributed by atoms with Crippen molar-refractivity contribution in [3.8, 4) is 0 Å². The first kappa shape index (κ1) is 12.5. The maximum Gasteiger partial charge on any atom is 0.335 e. The molecule has 2 unspecified atom stereocenters. The minimum absolute atomic E-state index is 0.102. The van der Waals surface area contributed by atoms with Crippen molar-refractivity contribution < 1.29 is 19.1 Å². The number of furan rings is 1. The van der Waals surface area contributed by atoms with Crippen LogP contribution in [0.5, 0.6) is 0 Å². The molecule has 1 aliphatic carbocycles. The third-order valence-corrected chi connectivity index (χ3v) is 3.41. The van der Waals surface area contributed by atoms with Crippen molar-refractivity contribution in [3.63, 3.8) is 0 Å². The van der Waals surface area contributed by atoms with Gasteiger partial charge in [-0.2, -0.15) is 0 Å². The maximum absolute atomic E-state index is 12.1. The van der Waals surface area contributed by atoms with Crippen LogP contribution >= 0.6 is 0 Å². The van der Waals surface area contributed by atoms with Crippen molar-refractivity contribution in [2.45, 2.75) is 12.3 Å². The predicted octanol–water partition coefficient (Wildman–Crippen LogP) is 2.72. The van der Waals surface area contributed by atoms with E-state index in [1.165, 1.54) is 12.1 Å². The first-order chi connectivity index (χ1) is 9.65. The first-order valence-corrected chi connectivity index (χ1v) is 6.33. The number of hydrogen-bond acceptors (Lipinski definition) is 3. The smallest absolute Gasteiger partial charge is 0.335 e. The molecular weight excluding hydrogens is 258 g/mol. The number of anilines is 1. The maximum atomic E-state index is 12.1. The largest absolute Gasteiger partial charge is 0.478 e. The Kier molecular flexibility index (Phi) is 3.02. The van der Waals surface area contributed by atoms with Gasteiger partial charge in [-0.1, -0.05) is 6.07 Å². The molecule has 20 heavy (non-hydrogen) atoms. The van der Waals surface area contributed by atoms with Gasteiger partial charge in [0.15, 0.2) is 0 Å². The molecule has 102 valence electrons. The van der Waals surface area contributed by atoms with Crippen molar-refractivity contribution in [2.24, 2.45) is 5.92 Å². The average Bonchev–Trinajstić information content (AvgIpc) is 3.05. The van der Waals surface area contributed by atoms with Gasteiger partial charge in [-0.15, -0.1) is 0 Å². The van der Waals surface area contributed by atoms with E-state index in [-0.39, 0.29) is 23.3 Å². The number of aromatic carboxylic acids is 1.